The highest BCUT2D eigenvalue weighted by molar-refractivity contribution is 9.10. The quantitative estimate of drug-likeness (QED) is 0.744. The van der Waals surface area contributed by atoms with Crippen LogP contribution in [0.2, 0.25) is 4.34 Å². The summed E-state index contributed by atoms with van der Waals surface area (Å²) in [6.45, 7) is 3.11. The molecule has 0 aliphatic rings. The average molecular weight is 375 g/mol. The summed E-state index contributed by atoms with van der Waals surface area (Å²) >= 11 is 11.2. The maximum atomic E-state index is 6.17. The van der Waals surface area contributed by atoms with E-state index in [1.807, 2.05) is 12.1 Å². The van der Waals surface area contributed by atoms with E-state index in [4.69, 9.17) is 16.3 Å². The average Bonchev–Trinajstić information content (AvgIpc) is 2.79. The first-order chi connectivity index (χ1) is 9.65. The summed E-state index contributed by atoms with van der Waals surface area (Å²) in [6.07, 6.45) is 1.08. The molecule has 0 aliphatic carbocycles. The van der Waals surface area contributed by atoms with Crippen LogP contribution < -0.4 is 10.1 Å². The molecule has 5 heteroatoms. The van der Waals surface area contributed by atoms with Crippen molar-refractivity contribution in [2.45, 2.75) is 19.4 Å². The molecule has 0 spiro atoms. The van der Waals surface area contributed by atoms with E-state index < -0.39 is 0 Å². The van der Waals surface area contributed by atoms with Crippen LogP contribution in [-0.2, 0) is 0 Å². The Morgan fingerprint density at radius 2 is 2.20 bits per heavy atom. The Labute approximate surface area is 137 Å². The number of halogens is 2. The lowest BCUT2D eigenvalue weighted by Crippen LogP contribution is -2.22. The third-order valence-electron chi connectivity index (χ3n) is 2.97. The van der Waals surface area contributed by atoms with E-state index in [1.54, 1.807) is 18.4 Å². The van der Waals surface area contributed by atoms with E-state index in [0.29, 0.717) is 0 Å². The summed E-state index contributed by atoms with van der Waals surface area (Å²) in [5.74, 6) is 0.868. The molecule has 0 saturated heterocycles. The van der Waals surface area contributed by atoms with Crippen molar-refractivity contribution in [2.24, 2.45) is 0 Å². The summed E-state index contributed by atoms with van der Waals surface area (Å²) in [5.41, 5.74) is 1.18. The predicted octanol–water partition coefficient (Wildman–Crippen LogP) is 5.26. The van der Waals surface area contributed by atoms with Crippen LogP contribution in [0.5, 0.6) is 5.75 Å². The number of hydrogen-bond donors (Lipinski definition) is 1. The fourth-order valence-corrected chi connectivity index (χ4v) is 3.84. The highest BCUT2D eigenvalue weighted by Gasteiger charge is 2.18. The molecule has 2 nitrogen and oxygen atoms in total. The fourth-order valence-electron chi connectivity index (χ4n) is 2.00. The van der Waals surface area contributed by atoms with Crippen molar-refractivity contribution < 1.29 is 4.74 Å². The molecule has 1 unspecified atom stereocenters. The van der Waals surface area contributed by atoms with E-state index in [-0.39, 0.29) is 6.04 Å². The summed E-state index contributed by atoms with van der Waals surface area (Å²) in [5, 5.41) is 3.57. The summed E-state index contributed by atoms with van der Waals surface area (Å²) in [6, 6.07) is 10.4. The molecule has 20 heavy (non-hydrogen) atoms. The van der Waals surface area contributed by atoms with Crippen molar-refractivity contribution in [3.63, 3.8) is 0 Å². The van der Waals surface area contributed by atoms with Gasteiger partial charge in [0.05, 0.1) is 13.2 Å². The Kier molecular flexibility index (Phi) is 5.90. The number of methoxy groups -OCH3 is 1. The fraction of sp³-hybridized carbons (Fsp3) is 0.333. The largest absolute Gasteiger partial charge is 0.497 e. The van der Waals surface area contributed by atoms with Gasteiger partial charge in [-0.3, -0.25) is 0 Å². The molecule has 1 heterocycles. The second-order valence-electron chi connectivity index (χ2n) is 4.43. The highest BCUT2D eigenvalue weighted by atomic mass is 79.9. The third kappa shape index (κ3) is 3.76. The number of ether oxygens (including phenoxy) is 1. The Balaban J connectivity index is 2.35. The molecule has 1 N–H and O–H groups in total. The zero-order chi connectivity index (χ0) is 14.5. The van der Waals surface area contributed by atoms with Crippen molar-refractivity contribution in [3.05, 3.63) is 49.6 Å². The first kappa shape index (κ1) is 15.8. The monoisotopic (exact) mass is 373 g/mol. The molecule has 1 aromatic heterocycles. The van der Waals surface area contributed by atoms with Crippen molar-refractivity contribution in [1.82, 2.24) is 5.32 Å². The summed E-state index contributed by atoms with van der Waals surface area (Å²) in [7, 11) is 1.69. The van der Waals surface area contributed by atoms with E-state index in [2.05, 4.69) is 46.4 Å². The predicted molar refractivity (Wildman–Crippen MR) is 90.2 cm³/mol. The van der Waals surface area contributed by atoms with Gasteiger partial charge in [-0.2, -0.15) is 0 Å². The number of hydrogen-bond acceptors (Lipinski definition) is 3. The normalized spacial score (nSPS) is 12.4. The Hall–Kier alpha value is -0.550. The third-order valence-corrected chi connectivity index (χ3v) is 5.51. The lowest BCUT2D eigenvalue weighted by Gasteiger charge is -2.18. The van der Waals surface area contributed by atoms with Gasteiger partial charge in [0.1, 0.15) is 10.1 Å². The molecule has 0 amide bonds. The zero-order valence-electron chi connectivity index (χ0n) is 11.5. The van der Waals surface area contributed by atoms with Crippen LogP contribution in [-0.4, -0.2) is 13.7 Å². The molecule has 2 aromatic rings. The minimum absolute atomic E-state index is 0.138. The first-order valence-corrected chi connectivity index (χ1v) is 8.46. The molecule has 108 valence electrons. The number of rotatable bonds is 6. The van der Waals surface area contributed by atoms with E-state index in [9.17, 15) is 0 Å². The molecule has 0 fully saturated rings. The van der Waals surface area contributed by atoms with Gasteiger partial charge in [-0.25, -0.2) is 0 Å². The topological polar surface area (TPSA) is 21.3 Å². The Bertz CT molecular complexity index is 553. The van der Waals surface area contributed by atoms with Crippen LogP contribution in [0.1, 0.15) is 29.8 Å². The molecule has 0 radical (unpaired) electrons. The molecule has 0 bridgehead atoms. The van der Waals surface area contributed by atoms with Gasteiger partial charge in [0.15, 0.2) is 0 Å². The van der Waals surface area contributed by atoms with E-state index in [0.717, 1.165) is 27.5 Å². The van der Waals surface area contributed by atoms with Crippen LogP contribution in [0.25, 0.3) is 0 Å². The van der Waals surface area contributed by atoms with Crippen LogP contribution in [0, 0.1) is 0 Å². The van der Waals surface area contributed by atoms with Gasteiger partial charge in [0.2, 0.25) is 0 Å². The Morgan fingerprint density at radius 1 is 1.40 bits per heavy atom. The van der Waals surface area contributed by atoms with Crippen molar-refractivity contribution in [3.8, 4) is 5.75 Å². The maximum absolute atomic E-state index is 6.17. The Morgan fingerprint density at radius 3 is 2.80 bits per heavy atom. The first-order valence-electron chi connectivity index (χ1n) is 6.47. The molecule has 0 aliphatic heterocycles. The lowest BCUT2D eigenvalue weighted by atomic mass is 10.0. The van der Waals surface area contributed by atoms with E-state index in [1.165, 1.54) is 10.4 Å². The van der Waals surface area contributed by atoms with Crippen LogP contribution in [0.15, 0.2) is 34.8 Å². The summed E-state index contributed by atoms with van der Waals surface area (Å²) < 4.78 is 7.05. The minimum Gasteiger partial charge on any atom is -0.497 e. The van der Waals surface area contributed by atoms with Crippen LogP contribution in [0.4, 0.5) is 0 Å². The van der Waals surface area contributed by atoms with Gasteiger partial charge >= 0.3 is 0 Å². The smallest absolute Gasteiger partial charge is 0.119 e. The van der Waals surface area contributed by atoms with Gasteiger partial charge in [-0.1, -0.05) is 30.7 Å². The lowest BCUT2D eigenvalue weighted by molar-refractivity contribution is 0.413. The molecular formula is C15H17BrClNOS. The molecule has 1 atom stereocenters. The van der Waals surface area contributed by atoms with Crippen molar-refractivity contribution in [2.75, 3.05) is 13.7 Å². The van der Waals surface area contributed by atoms with Crippen LogP contribution >= 0.6 is 38.9 Å². The maximum Gasteiger partial charge on any atom is 0.119 e. The molecule has 2 rings (SSSR count). The second kappa shape index (κ2) is 7.46. The highest BCUT2D eigenvalue weighted by Crippen LogP contribution is 2.37. The van der Waals surface area contributed by atoms with E-state index >= 15 is 0 Å². The number of benzene rings is 1. The number of nitrogens with one attached hydrogen (secondary N) is 1. The number of thiophene rings is 1. The second-order valence-corrected chi connectivity index (χ2v) is 6.97. The standard InChI is InChI=1S/C15H17BrClNOS/c1-3-7-18-14(13-9-12(16)15(17)20-13)10-5-4-6-11(8-10)19-2/h4-6,8-9,14,18H,3,7H2,1-2H3. The van der Waals surface area contributed by atoms with Gasteiger partial charge < -0.3 is 10.1 Å². The minimum atomic E-state index is 0.138. The molecular weight excluding hydrogens is 358 g/mol. The van der Waals surface area contributed by atoms with Crippen LogP contribution in [0.3, 0.4) is 0 Å². The van der Waals surface area contributed by atoms with Crippen molar-refractivity contribution >= 4 is 38.9 Å². The van der Waals surface area contributed by atoms with Gasteiger partial charge in [-0.15, -0.1) is 11.3 Å². The van der Waals surface area contributed by atoms with Gasteiger partial charge in [0, 0.05) is 9.35 Å². The molecule has 0 saturated carbocycles. The molecule has 1 aromatic carbocycles. The summed E-state index contributed by atoms with van der Waals surface area (Å²) in [4.78, 5) is 1.20. The van der Waals surface area contributed by atoms with Gasteiger partial charge in [-0.05, 0) is 52.7 Å². The SMILES string of the molecule is CCCNC(c1cccc(OC)c1)c1cc(Br)c(Cl)s1. The van der Waals surface area contributed by atoms with Gasteiger partial charge in [0.25, 0.3) is 0 Å². The van der Waals surface area contributed by atoms with Crippen molar-refractivity contribution in [1.29, 1.82) is 0 Å². The zero-order valence-corrected chi connectivity index (χ0v) is 14.6.